The number of fused-ring (bicyclic) bond motifs is 1. The standard InChI is InChI=1S/C19H31N3S/c1-2-3-4-5-6-7-8-9-11-15-12-10-13-17-18(15)22-19(23-17)16(21)14-20/h10,12-13,16H,2-9,11,14,20-21H2,1H3. The lowest BCUT2D eigenvalue weighted by atomic mass is 10.0. The summed E-state index contributed by atoms with van der Waals surface area (Å²) in [6.07, 6.45) is 12.0. The Hall–Kier alpha value is -0.970. The van der Waals surface area contributed by atoms with Gasteiger partial charge in [0.25, 0.3) is 0 Å². The predicted octanol–water partition coefficient (Wildman–Crippen LogP) is 4.94. The van der Waals surface area contributed by atoms with Crippen molar-refractivity contribution in [1.82, 2.24) is 4.98 Å². The fraction of sp³-hybridized carbons (Fsp3) is 0.632. The van der Waals surface area contributed by atoms with Crippen molar-refractivity contribution in [3.8, 4) is 0 Å². The lowest BCUT2D eigenvalue weighted by Gasteiger charge is -2.04. The highest BCUT2D eigenvalue weighted by atomic mass is 32.1. The van der Waals surface area contributed by atoms with Crippen LogP contribution in [0.25, 0.3) is 10.2 Å². The molecule has 4 heteroatoms. The SMILES string of the molecule is CCCCCCCCCCc1cccc2sc(C(N)CN)nc12. The molecule has 0 saturated heterocycles. The van der Waals surface area contributed by atoms with E-state index in [1.54, 1.807) is 11.3 Å². The van der Waals surface area contributed by atoms with Gasteiger partial charge in [-0.25, -0.2) is 4.98 Å². The van der Waals surface area contributed by atoms with Crippen LogP contribution in [0.2, 0.25) is 0 Å². The monoisotopic (exact) mass is 333 g/mol. The van der Waals surface area contributed by atoms with Crippen LogP contribution >= 0.6 is 11.3 Å². The summed E-state index contributed by atoms with van der Waals surface area (Å²) in [5, 5.41) is 0.964. The van der Waals surface area contributed by atoms with E-state index in [9.17, 15) is 0 Å². The Labute approximate surface area is 144 Å². The van der Waals surface area contributed by atoms with Gasteiger partial charge in [-0.2, -0.15) is 0 Å². The number of nitrogens with two attached hydrogens (primary N) is 2. The van der Waals surface area contributed by atoms with Crippen LogP contribution in [-0.4, -0.2) is 11.5 Å². The number of hydrogen-bond donors (Lipinski definition) is 2. The van der Waals surface area contributed by atoms with Crippen LogP contribution < -0.4 is 11.5 Å². The van der Waals surface area contributed by atoms with Crippen LogP contribution in [0.3, 0.4) is 0 Å². The highest BCUT2D eigenvalue weighted by Gasteiger charge is 2.12. The second-order valence-electron chi connectivity index (χ2n) is 6.38. The summed E-state index contributed by atoms with van der Waals surface area (Å²) in [4.78, 5) is 4.75. The lowest BCUT2D eigenvalue weighted by Crippen LogP contribution is -2.20. The van der Waals surface area contributed by atoms with Gasteiger partial charge in [0.1, 0.15) is 5.01 Å². The lowest BCUT2D eigenvalue weighted by molar-refractivity contribution is 0.576. The molecule has 1 heterocycles. The second kappa shape index (κ2) is 10.0. The maximum atomic E-state index is 6.02. The van der Waals surface area contributed by atoms with Crippen LogP contribution in [-0.2, 0) is 6.42 Å². The molecular weight excluding hydrogens is 302 g/mol. The van der Waals surface area contributed by atoms with Crippen molar-refractivity contribution in [3.63, 3.8) is 0 Å². The van der Waals surface area contributed by atoms with Crippen molar-refractivity contribution in [2.24, 2.45) is 11.5 Å². The number of benzene rings is 1. The van der Waals surface area contributed by atoms with Crippen molar-refractivity contribution in [2.75, 3.05) is 6.54 Å². The molecule has 0 amide bonds. The molecule has 1 unspecified atom stereocenters. The average molecular weight is 334 g/mol. The number of rotatable bonds is 11. The summed E-state index contributed by atoms with van der Waals surface area (Å²) >= 11 is 1.68. The topological polar surface area (TPSA) is 64.9 Å². The maximum Gasteiger partial charge on any atom is 0.112 e. The molecule has 2 rings (SSSR count). The Bertz CT molecular complexity index is 579. The first-order valence-electron chi connectivity index (χ1n) is 9.10. The number of nitrogens with zero attached hydrogens (tertiary/aromatic N) is 1. The van der Waals surface area contributed by atoms with Gasteiger partial charge in [0.2, 0.25) is 0 Å². The van der Waals surface area contributed by atoms with Crippen LogP contribution in [0.4, 0.5) is 0 Å². The van der Waals surface area contributed by atoms with E-state index in [0.717, 1.165) is 16.9 Å². The fourth-order valence-corrected chi connectivity index (χ4v) is 3.96. The smallest absolute Gasteiger partial charge is 0.112 e. The van der Waals surface area contributed by atoms with Crippen molar-refractivity contribution >= 4 is 21.6 Å². The molecule has 0 saturated carbocycles. The Morgan fingerprint density at radius 2 is 1.74 bits per heavy atom. The zero-order chi connectivity index (χ0) is 16.5. The summed E-state index contributed by atoms with van der Waals surface area (Å²) in [6.45, 7) is 2.72. The van der Waals surface area contributed by atoms with Crippen molar-refractivity contribution < 1.29 is 0 Å². The predicted molar refractivity (Wildman–Crippen MR) is 102 cm³/mol. The number of hydrogen-bond acceptors (Lipinski definition) is 4. The van der Waals surface area contributed by atoms with Crippen LogP contribution in [0, 0.1) is 0 Å². The Balaban J connectivity index is 1.82. The molecule has 3 nitrogen and oxygen atoms in total. The molecule has 2 aromatic rings. The average Bonchev–Trinajstić information content (AvgIpc) is 3.01. The van der Waals surface area contributed by atoms with Gasteiger partial charge in [0.05, 0.1) is 16.3 Å². The van der Waals surface area contributed by atoms with Gasteiger partial charge in [-0.15, -0.1) is 11.3 Å². The van der Waals surface area contributed by atoms with Gasteiger partial charge >= 0.3 is 0 Å². The maximum absolute atomic E-state index is 6.02. The number of thiazole rings is 1. The highest BCUT2D eigenvalue weighted by Crippen LogP contribution is 2.28. The first kappa shape index (κ1) is 18.4. The number of aromatic nitrogens is 1. The van der Waals surface area contributed by atoms with Gasteiger partial charge in [0.15, 0.2) is 0 Å². The van der Waals surface area contributed by atoms with Gasteiger partial charge in [-0.05, 0) is 24.5 Å². The molecule has 0 spiro atoms. The Morgan fingerprint density at radius 1 is 1.04 bits per heavy atom. The van der Waals surface area contributed by atoms with Gasteiger partial charge in [-0.3, -0.25) is 0 Å². The van der Waals surface area contributed by atoms with E-state index in [1.165, 1.54) is 61.6 Å². The summed E-state index contributed by atoms with van der Waals surface area (Å²) in [7, 11) is 0. The van der Waals surface area contributed by atoms with Crippen molar-refractivity contribution in [2.45, 2.75) is 70.8 Å². The van der Waals surface area contributed by atoms with Gasteiger partial charge in [0, 0.05) is 6.54 Å². The summed E-state index contributed by atoms with van der Waals surface area (Å²) in [6, 6.07) is 6.35. The van der Waals surface area contributed by atoms with Gasteiger partial charge < -0.3 is 11.5 Å². The van der Waals surface area contributed by atoms with Crippen molar-refractivity contribution in [3.05, 3.63) is 28.8 Å². The van der Waals surface area contributed by atoms with Gasteiger partial charge in [-0.1, -0.05) is 64.0 Å². The first-order valence-corrected chi connectivity index (χ1v) is 9.92. The minimum atomic E-state index is -0.136. The van der Waals surface area contributed by atoms with E-state index in [2.05, 4.69) is 25.1 Å². The van der Waals surface area contributed by atoms with E-state index < -0.39 is 0 Å². The van der Waals surface area contributed by atoms with Crippen LogP contribution in [0.15, 0.2) is 18.2 Å². The minimum absolute atomic E-state index is 0.136. The molecular formula is C19H31N3S. The van der Waals surface area contributed by atoms with E-state index in [0.29, 0.717) is 6.54 Å². The molecule has 128 valence electrons. The molecule has 1 aromatic heterocycles. The Morgan fingerprint density at radius 3 is 2.43 bits per heavy atom. The molecule has 0 aliphatic rings. The molecule has 0 aliphatic carbocycles. The molecule has 0 aliphatic heterocycles. The molecule has 0 fully saturated rings. The summed E-state index contributed by atoms with van der Waals surface area (Å²) in [5.41, 5.74) is 14.2. The zero-order valence-electron chi connectivity index (χ0n) is 14.4. The zero-order valence-corrected chi connectivity index (χ0v) is 15.2. The molecule has 23 heavy (non-hydrogen) atoms. The molecule has 4 N–H and O–H groups in total. The largest absolute Gasteiger partial charge is 0.329 e. The quantitative estimate of drug-likeness (QED) is 0.573. The normalized spacial score (nSPS) is 12.8. The molecule has 0 bridgehead atoms. The minimum Gasteiger partial charge on any atom is -0.329 e. The van der Waals surface area contributed by atoms with Crippen LogP contribution in [0.1, 0.15) is 74.9 Å². The third-order valence-corrected chi connectivity index (χ3v) is 5.54. The fourth-order valence-electron chi connectivity index (χ4n) is 2.93. The summed E-state index contributed by atoms with van der Waals surface area (Å²) in [5.74, 6) is 0. The molecule has 1 atom stereocenters. The molecule has 0 radical (unpaired) electrons. The first-order chi connectivity index (χ1) is 11.3. The Kier molecular flexibility index (Phi) is 8.00. The number of unbranched alkanes of at least 4 members (excludes halogenated alkanes) is 7. The third-order valence-electron chi connectivity index (χ3n) is 4.39. The van der Waals surface area contributed by atoms with Crippen molar-refractivity contribution in [1.29, 1.82) is 0 Å². The number of para-hydroxylation sites is 1. The second-order valence-corrected chi connectivity index (χ2v) is 7.45. The molecule has 1 aromatic carbocycles. The van der Waals surface area contributed by atoms with E-state index >= 15 is 0 Å². The van der Waals surface area contributed by atoms with Crippen LogP contribution in [0.5, 0.6) is 0 Å². The van der Waals surface area contributed by atoms with E-state index in [-0.39, 0.29) is 6.04 Å². The van der Waals surface area contributed by atoms with E-state index in [4.69, 9.17) is 16.5 Å². The summed E-state index contributed by atoms with van der Waals surface area (Å²) < 4.78 is 1.24. The highest BCUT2D eigenvalue weighted by molar-refractivity contribution is 7.18. The number of aryl methyl sites for hydroxylation is 1. The van der Waals surface area contributed by atoms with E-state index in [1.807, 2.05) is 0 Å². The third kappa shape index (κ3) is 5.55.